The second-order valence-electron chi connectivity index (χ2n) is 10.1. The molecule has 2 fully saturated rings. The molecule has 6 heteroatoms. The van der Waals surface area contributed by atoms with E-state index in [2.05, 4.69) is 12.2 Å². The molecule has 0 aromatic heterocycles. The lowest BCUT2D eigenvalue weighted by Crippen LogP contribution is -2.22. The van der Waals surface area contributed by atoms with Crippen LogP contribution >= 0.6 is 0 Å². The third-order valence-electron chi connectivity index (χ3n) is 7.83. The van der Waals surface area contributed by atoms with E-state index in [4.69, 9.17) is 9.47 Å². The molecule has 36 heavy (non-hydrogen) atoms. The molecule has 0 radical (unpaired) electrons. The molecule has 0 unspecified atom stereocenters. The maximum Gasteiger partial charge on any atom is 0.200 e. The first kappa shape index (κ1) is 26.7. The van der Waals surface area contributed by atoms with E-state index in [-0.39, 0.29) is 42.5 Å². The van der Waals surface area contributed by atoms with Crippen LogP contribution in [0.3, 0.4) is 0 Å². The Morgan fingerprint density at radius 2 is 1.33 bits per heavy atom. The van der Waals surface area contributed by atoms with Gasteiger partial charge in [-0.15, -0.1) is 0 Å². The van der Waals surface area contributed by atoms with E-state index in [0.717, 1.165) is 25.7 Å². The number of halogens is 4. The van der Waals surface area contributed by atoms with Gasteiger partial charge in [0.2, 0.25) is 5.82 Å². The van der Waals surface area contributed by atoms with E-state index in [1.54, 1.807) is 19.1 Å². The van der Waals surface area contributed by atoms with Gasteiger partial charge in [-0.3, -0.25) is 0 Å². The van der Waals surface area contributed by atoms with Crippen LogP contribution in [0.15, 0.2) is 36.4 Å². The molecule has 2 aromatic carbocycles. The van der Waals surface area contributed by atoms with Crippen LogP contribution in [0.2, 0.25) is 0 Å². The Hall–Kier alpha value is -2.34. The summed E-state index contributed by atoms with van der Waals surface area (Å²) < 4.78 is 69.6. The number of hydrogen-bond donors (Lipinski definition) is 0. The molecular weight excluding hydrogens is 468 g/mol. The zero-order valence-electron chi connectivity index (χ0n) is 21.2. The molecule has 0 bridgehead atoms. The lowest BCUT2D eigenvalue weighted by molar-refractivity contribution is 0.0116. The minimum Gasteiger partial charge on any atom is -0.491 e. The van der Waals surface area contributed by atoms with Gasteiger partial charge in [0.25, 0.3) is 0 Å². The normalized spacial score (nSPS) is 24.8. The maximum atomic E-state index is 15.1. The zero-order valence-corrected chi connectivity index (χ0v) is 21.2. The van der Waals surface area contributed by atoms with Crippen molar-refractivity contribution in [2.75, 3.05) is 6.61 Å². The SMILES string of the molecule is CC=CC1CCC(c2ccc(C3CCC(OCc4ccc(OCC)c(F)c4F)CC3)c(F)c2F)CC1. The van der Waals surface area contributed by atoms with Gasteiger partial charge in [-0.05, 0) is 106 Å². The Kier molecular flexibility index (Phi) is 9.10. The number of rotatable bonds is 8. The highest BCUT2D eigenvalue weighted by Crippen LogP contribution is 2.41. The number of allylic oxidation sites excluding steroid dienone is 2. The summed E-state index contributed by atoms with van der Waals surface area (Å²) >= 11 is 0. The second kappa shape index (κ2) is 12.3. The number of hydrogen-bond acceptors (Lipinski definition) is 2. The summed E-state index contributed by atoms with van der Waals surface area (Å²) in [5.41, 5.74) is 1.09. The Morgan fingerprint density at radius 1 is 0.750 bits per heavy atom. The van der Waals surface area contributed by atoms with Gasteiger partial charge in [-0.25, -0.2) is 13.2 Å². The third-order valence-corrected chi connectivity index (χ3v) is 7.83. The van der Waals surface area contributed by atoms with Crippen LogP contribution in [-0.2, 0) is 11.3 Å². The van der Waals surface area contributed by atoms with Crippen LogP contribution < -0.4 is 4.74 Å². The van der Waals surface area contributed by atoms with E-state index in [9.17, 15) is 8.78 Å². The fourth-order valence-corrected chi connectivity index (χ4v) is 5.80. The van der Waals surface area contributed by atoms with Gasteiger partial charge >= 0.3 is 0 Å². The summed E-state index contributed by atoms with van der Waals surface area (Å²) in [4.78, 5) is 0. The topological polar surface area (TPSA) is 18.5 Å². The Bertz CT molecular complexity index is 1050. The summed E-state index contributed by atoms with van der Waals surface area (Å²) in [6.07, 6.45) is 10.6. The van der Waals surface area contributed by atoms with Crippen LogP contribution in [0.5, 0.6) is 5.75 Å². The van der Waals surface area contributed by atoms with Crippen molar-refractivity contribution in [2.45, 2.75) is 89.8 Å². The summed E-state index contributed by atoms with van der Waals surface area (Å²) in [5, 5.41) is 0. The van der Waals surface area contributed by atoms with Gasteiger partial charge in [-0.1, -0.05) is 24.3 Å². The fourth-order valence-electron chi connectivity index (χ4n) is 5.80. The molecule has 0 aliphatic heterocycles. The van der Waals surface area contributed by atoms with E-state index < -0.39 is 23.3 Å². The first-order chi connectivity index (χ1) is 17.4. The molecule has 2 saturated carbocycles. The van der Waals surface area contributed by atoms with Crippen molar-refractivity contribution in [3.8, 4) is 5.75 Å². The van der Waals surface area contributed by atoms with E-state index in [1.807, 2.05) is 6.92 Å². The highest BCUT2D eigenvalue weighted by Gasteiger charge is 2.30. The molecule has 2 aromatic rings. The van der Waals surface area contributed by atoms with Crippen molar-refractivity contribution in [3.63, 3.8) is 0 Å². The van der Waals surface area contributed by atoms with Gasteiger partial charge in [0, 0.05) is 5.56 Å². The monoisotopic (exact) mass is 504 g/mol. The molecule has 2 aliphatic carbocycles. The summed E-state index contributed by atoms with van der Waals surface area (Å²) in [6, 6.07) is 6.45. The first-order valence-corrected chi connectivity index (χ1v) is 13.2. The molecule has 0 spiro atoms. The largest absolute Gasteiger partial charge is 0.491 e. The van der Waals surface area contributed by atoms with Crippen molar-refractivity contribution in [1.29, 1.82) is 0 Å². The standard InChI is InChI=1S/C30H36F4O2/c1-3-5-19-6-8-20(9-7-19)24-15-16-25(29(33)28(24)32)21-10-13-23(14-11-21)36-18-22-12-17-26(35-4-2)30(34)27(22)31/h3,5,12,15-17,19-21,23H,4,6-11,13-14,18H2,1-2H3. The molecule has 2 nitrogen and oxygen atoms in total. The fraction of sp³-hybridized carbons (Fsp3) is 0.533. The highest BCUT2D eigenvalue weighted by molar-refractivity contribution is 5.32. The summed E-state index contributed by atoms with van der Waals surface area (Å²) in [6.45, 7) is 3.93. The van der Waals surface area contributed by atoms with Crippen LogP contribution in [0.1, 0.15) is 93.7 Å². The lowest BCUT2D eigenvalue weighted by atomic mass is 9.77. The molecule has 2 aliphatic rings. The predicted octanol–water partition coefficient (Wildman–Crippen LogP) is 8.73. The molecule has 0 N–H and O–H groups in total. The molecule has 0 heterocycles. The average Bonchev–Trinajstić information content (AvgIpc) is 2.89. The van der Waals surface area contributed by atoms with Crippen molar-refractivity contribution < 1.29 is 27.0 Å². The minimum absolute atomic E-state index is 0.0432. The average molecular weight is 505 g/mol. The predicted molar refractivity (Wildman–Crippen MR) is 133 cm³/mol. The lowest BCUT2D eigenvalue weighted by Gasteiger charge is -2.30. The first-order valence-electron chi connectivity index (χ1n) is 13.2. The van der Waals surface area contributed by atoms with Crippen LogP contribution in [0.4, 0.5) is 17.6 Å². The van der Waals surface area contributed by atoms with Gasteiger partial charge in [0.15, 0.2) is 23.2 Å². The number of benzene rings is 2. The molecule has 0 atom stereocenters. The Balaban J connectivity index is 1.32. The number of ether oxygens (including phenoxy) is 2. The molecular formula is C30H36F4O2. The third kappa shape index (κ3) is 5.96. The van der Waals surface area contributed by atoms with Gasteiger partial charge in [0.05, 0.1) is 19.3 Å². The highest BCUT2D eigenvalue weighted by atomic mass is 19.2. The van der Waals surface area contributed by atoms with Gasteiger partial charge in [0.1, 0.15) is 0 Å². The van der Waals surface area contributed by atoms with E-state index in [0.29, 0.717) is 42.7 Å². The Labute approximate surface area is 211 Å². The Morgan fingerprint density at radius 3 is 1.89 bits per heavy atom. The molecule has 0 saturated heterocycles. The van der Waals surface area contributed by atoms with E-state index >= 15 is 8.78 Å². The quantitative estimate of drug-likeness (QED) is 0.264. The van der Waals surface area contributed by atoms with E-state index in [1.165, 1.54) is 12.1 Å². The van der Waals surface area contributed by atoms with Crippen LogP contribution in [0, 0.1) is 29.2 Å². The minimum atomic E-state index is -1.01. The molecule has 196 valence electrons. The van der Waals surface area contributed by atoms with Gasteiger partial charge in [-0.2, -0.15) is 4.39 Å². The smallest absolute Gasteiger partial charge is 0.200 e. The summed E-state index contributed by atoms with van der Waals surface area (Å²) in [5.74, 6) is -2.92. The van der Waals surface area contributed by atoms with Crippen molar-refractivity contribution in [1.82, 2.24) is 0 Å². The van der Waals surface area contributed by atoms with Crippen molar-refractivity contribution in [3.05, 3.63) is 76.4 Å². The molecule has 0 amide bonds. The van der Waals surface area contributed by atoms with Crippen LogP contribution in [-0.4, -0.2) is 12.7 Å². The van der Waals surface area contributed by atoms with Gasteiger partial charge < -0.3 is 9.47 Å². The maximum absolute atomic E-state index is 15.1. The van der Waals surface area contributed by atoms with Crippen LogP contribution in [0.25, 0.3) is 0 Å². The zero-order chi connectivity index (χ0) is 25.7. The van der Waals surface area contributed by atoms with Crippen molar-refractivity contribution >= 4 is 0 Å². The second-order valence-corrected chi connectivity index (χ2v) is 10.1. The van der Waals surface area contributed by atoms with Crippen molar-refractivity contribution in [2.24, 2.45) is 5.92 Å². The molecule has 4 rings (SSSR count). The summed E-state index contributed by atoms with van der Waals surface area (Å²) in [7, 11) is 0.